The maximum Gasteiger partial charge on any atom is 0.139 e. The summed E-state index contributed by atoms with van der Waals surface area (Å²) in [6, 6.07) is 1.79. The summed E-state index contributed by atoms with van der Waals surface area (Å²) in [6.45, 7) is 0. The van der Waals surface area contributed by atoms with Gasteiger partial charge in [0.25, 0.3) is 0 Å². The summed E-state index contributed by atoms with van der Waals surface area (Å²) in [4.78, 5) is 4.03. The van der Waals surface area contributed by atoms with Crippen molar-refractivity contribution >= 4 is 11.6 Å². The molecule has 0 amide bonds. The summed E-state index contributed by atoms with van der Waals surface area (Å²) in [5, 5.41) is 10.7. The lowest BCUT2D eigenvalue weighted by atomic mass is 9.56. The Hall–Kier alpha value is -0.800. The van der Waals surface area contributed by atoms with Crippen LogP contribution in [0.4, 0.5) is 0 Å². The van der Waals surface area contributed by atoms with Crippen molar-refractivity contribution in [2.45, 2.75) is 50.7 Å². The van der Waals surface area contributed by atoms with Crippen molar-refractivity contribution in [2.75, 3.05) is 0 Å². The van der Waals surface area contributed by atoms with E-state index in [0.29, 0.717) is 10.8 Å². The molecule has 2 saturated carbocycles. The number of aliphatic hydroxyl groups excluding tert-OH is 1. The third kappa shape index (κ3) is 1.99. The Kier molecular flexibility index (Phi) is 3.20. The molecule has 0 aliphatic heterocycles. The summed E-state index contributed by atoms with van der Waals surface area (Å²) in [7, 11) is 0. The number of halogens is 1. The highest BCUT2D eigenvalue weighted by Gasteiger charge is 2.56. The van der Waals surface area contributed by atoms with Crippen molar-refractivity contribution in [3.05, 3.63) is 23.5 Å². The van der Waals surface area contributed by atoms with Gasteiger partial charge in [-0.05, 0) is 12.8 Å². The molecule has 98 valence electrons. The lowest BCUT2D eigenvalue weighted by molar-refractivity contribution is -0.172. The maximum atomic E-state index is 10.1. The summed E-state index contributed by atoms with van der Waals surface area (Å²) >= 11 is 5.90. The van der Waals surface area contributed by atoms with Gasteiger partial charge in [-0.2, -0.15) is 0 Å². The second-order valence-corrected chi connectivity index (χ2v) is 5.93. The van der Waals surface area contributed by atoms with Crippen LogP contribution in [0, 0.1) is 5.41 Å². The van der Waals surface area contributed by atoms with Crippen LogP contribution in [0.15, 0.2) is 18.5 Å². The molecule has 4 heteroatoms. The minimum absolute atomic E-state index is 0.0133. The number of nitrogens with zero attached hydrogens (tertiary/aromatic N) is 1. The van der Waals surface area contributed by atoms with E-state index >= 15 is 0 Å². The molecule has 3 nitrogen and oxygen atoms in total. The number of ether oxygens (including phenoxy) is 1. The van der Waals surface area contributed by atoms with E-state index in [4.69, 9.17) is 16.3 Å². The molecule has 2 unspecified atom stereocenters. The Bertz CT molecular complexity index is 432. The molecule has 3 rings (SSSR count). The largest absolute Gasteiger partial charge is 0.488 e. The molecule has 2 aliphatic carbocycles. The normalized spacial score (nSPS) is 29.9. The molecule has 0 aromatic carbocycles. The standard InChI is InChI=1S/C14H18ClNO2/c15-10-6-11(9-16-8-10)18-13-7-12(17)14(13)4-2-1-3-5-14/h6,8-9,12-13,17H,1-5,7H2. The van der Waals surface area contributed by atoms with Crippen LogP contribution in [0.5, 0.6) is 5.75 Å². The second-order valence-electron chi connectivity index (χ2n) is 5.49. The van der Waals surface area contributed by atoms with Crippen LogP contribution in [0.2, 0.25) is 5.02 Å². The number of aromatic nitrogens is 1. The van der Waals surface area contributed by atoms with Gasteiger partial charge in [0.15, 0.2) is 0 Å². The topological polar surface area (TPSA) is 42.4 Å². The van der Waals surface area contributed by atoms with Crippen molar-refractivity contribution in [2.24, 2.45) is 5.41 Å². The van der Waals surface area contributed by atoms with Crippen molar-refractivity contribution < 1.29 is 9.84 Å². The van der Waals surface area contributed by atoms with Crippen LogP contribution in [-0.2, 0) is 0 Å². The van der Waals surface area contributed by atoms with E-state index in [-0.39, 0.29) is 17.6 Å². The van der Waals surface area contributed by atoms with Crippen LogP contribution in [0.25, 0.3) is 0 Å². The average molecular weight is 268 g/mol. The SMILES string of the molecule is OC1CC(Oc2cncc(Cl)c2)C12CCCCC2. The Labute approximate surface area is 112 Å². The summed E-state index contributed by atoms with van der Waals surface area (Å²) in [6.07, 6.45) is 9.76. The van der Waals surface area contributed by atoms with Gasteiger partial charge in [0, 0.05) is 24.1 Å². The zero-order valence-corrected chi connectivity index (χ0v) is 11.1. The van der Waals surface area contributed by atoms with Gasteiger partial charge in [-0.25, -0.2) is 0 Å². The van der Waals surface area contributed by atoms with Gasteiger partial charge in [0.05, 0.1) is 17.3 Å². The van der Waals surface area contributed by atoms with E-state index in [1.165, 1.54) is 19.3 Å². The van der Waals surface area contributed by atoms with Crippen LogP contribution >= 0.6 is 11.6 Å². The Morgan fingerprint density at radius 3 is 2.72 bits per heavy atom. The highest BCUT2D eigenvalue weighted by molar-refractivity contribution is 6.30. The molecule has 0 radical (unpaired) electrons. The highest BCUT2D eigenvalue weighted by atomic mass is 35.5. The van der Waals surface area contributed by atoms with E-state index in [2.05, 4.69) is 4.98 Å². The predicted molar refractivity (Wildman–Crippen MR) is 69.8 cm³/mol. The third-order valence-electron chi connectivity index (χ3n) is 4.48. The molecule has 1 heterocycles. The van der Waals surface area contributed by atoms with Gasteiger partial charge in [-0.3, -0.25) is 4.98 Å². The van der Waals surface area contributed by atoms with Gasteiger partial charge in [-0.1, -0.05) is 30.9 Å². The maximum absolute atomic E-state index is 10.1. The Morgan fingerprint density at radius 2 is 2.06 bits per heavy atom. The number of pyridine rings is 1. The van der Waals surface area contributed by atoms with Gasteiger partial charge in [-0.15, -0.1) is 0 Å². The minimum Gasteiger partial charge on any atom is -0.488 e. The fraction of sp³-hybridized carbons (Fsp3) is 0.643. The average Bonchev–Trinajstić information content (AvgIpc) is 2.39. The fourth-order valence-corrected chi connectivity index (χ4v) is 3.54. The molecule has 1 N–H and O–H groups in total. The van der Waals surface area contributed by atoms with Crippen molar-refractivity contribution in [3.8, 4) is 5.75 Å². The van der Waals surface area contributed by atoms with Gasteiger partial charge in [0.1, 0.15) is 11.9 Å². The van der Waals surface area contributed by atoms with Crippen LogP contribution < -0.4 is 4.74 Å². The summed E-state index contributed by atoms with van der Waals surface area (Å²) < 4.78 is 5.99. The molecule has 2 fully saturated rings. The first-order chi connectivity index (χ1) is 8.71. The second kappa shape index (κ2) is 4.71. The van der Waals surface area contributed by atoms with E-state index in [9.17, 15) is 5.11 Å². The lowest BCUT2D eigenvalue weighted by Gasteiger charge is -2.55. The molecule has 1 aromatic rings. The summed E-state index contributed by atoms with van der Waals surface area (Å²) in [5.41, 5.74) is -0.0133. The molecular formula is C14H18ClNO2. The number of hydrogen-bond donors (Lipinski definition) is 1. The van der Waals surface area contributed by atoms with E-state index < -0.39 is 0 Å². The van der Waals surface area contributed by atoms with E-state index in [0.717, 1.165) is 19.3 Å². The molecule has 1 spiro atoms. The van der Waals surface area contributed by atoms with E-state index in [1.807, 2.05) is 0 Å². The predicted octanol–water partition coefficient (Wildman–Crippen LogP) is 3.20. The van der Waals surface area contributed by atoms with E-state index in [1.54, 1.807) is 18.5 Å². The zero-order chi connectivity index (χ0) is 12.6. The fourth-order valence-electron chi connectivity index (χ4n) is 3.38. The van der Waals surface area contributed by atoms with Crippen molar-refractivity contribution in [3.63, 3.8) is 0 Å². The van der Waals surface area contributed by atoms with Crippen LogP contribution in [0.1, 0.15) is 38.5 Å². The zero-order valence-electron chi connectivity index (χ0n) is 10.3. The smallest absolute Gasteiger partial charge is 0.139 e. The Balaban J connectivity index is 1.73. The van der Waals surface area contributed by atoms with Crippen molar-refractivity contribution in [1.29, 1.82) is 0 Å². The Morgan fingerprint density at radius 1 is 1.28 bits per heavy atom. The highest BCUT2D eigenvalue weighted by Crippen LogP contribution is 2.53. The number of rotatable bonds is 2. The lowest BCUT2D eigenvalue weighted by Crippen LogP contribution is -2.60. The molecule has 2 atom stereocenters. The first kappa shape index (κ1) is 12.2. The quantitative estimate of drug-likeness (QED) is 0.895. The number of aliphatic hydroxyl groups is 1. The molecule has 1 aromatic heterocycles. The van der Waals surface area contributed by atoms with Gasteiger partial charge < -0.3 is 9.84 Å². The molecular weight excluding hydrogens is 250 g/mol. The molecule has 18 heavy (non-hydrogen) atoms. The monoisotopic (exact) mass is 267 g/mol. The van der Waals surface area contributed by atoms with Crippen LogP contribution in [-0.4, -0.2) is 22.3 Å². The van der Waals surface area contributed by atoms with Gasteiger partial charge >= 0.3 is 0 Å². The van der Waals surface area contributed by atoms with Crippen molar-refractivity contribution in [1.82, 2.24) is 4.98 Å². The summed E-state index contributed by atoms with van der Waals surface area (Å²) in [5.74, 6) is 0.712. The first-order valence-electron chi connectivity index (χ1n) is 6.66. The molecule has 2 aliphatic rings. The van der Waals surface area contributed by atoms with Crippen LogP contribution in [0.3, 0.4) is 0 Å². The first-order valence-corrected chi connectivity index (χ1v) is 7.04. The molecule has 0 bridgehead atoms. The third-order valence-corrected chi connectivity index (χ3v) is 4.69. The van der Waals surface area contributed by atoms with Gasteiger partial charge in [0.2, 0.25) is 0 Å². The minimum atomic E-state index is -0.199. The number of hydrogen-bond acceptors (Lipinski definition) is 3. The molecule has 0 saturated heterocycles.